The smallest absolute Gasteiger partial charge is 0.270 e. The Balaban J connectivity index is 2.02. The molecular weight excluding hydrogens is 419 g/mol. The summed E-state index contributed by atoms with van der Waals surface area (Å²) in [6.07, 6.45) is 0.629. The van der Waals surface area contributed by atoms with Gasteiger partial charge < -0.3 is 4.90 Å². The zero-order valence-corrected chi connectivity index (χ0v) is 17.3. The van der Waals surface area contributed by atoms with Crippen LogP contribution in [-0.4, -0.2) is 47.9 Å². The quantitative estimate of drug-likeness (QED) is 0.399. The van der Waals surface area contributed by atoms with Crippen LogP contribution in [0, 0.1) is 15.9 Å². The zero-order chi connectivity index (χ0) is 21.1. The number of nitro groups is 1. The molecule has 0 aliphatic heterocycles. The molecule has 0 bridgehead atoms. The standard InChI is InChI=1S/C19H18ClFN4O3S/c1-23(2)9-4-10-24(19-22-17-15(21)5-3-6-16(17)29-19)18(26)13-11-12(25(27)28)7-8-14(13)20/h3,5-8,11H,4,9-10H2,1-2H3. The van der Waals surface area contributed by atoms with Crippen molar-refractivity contribution in [2.24, 2.45) is 0 Å². The van der Waals surface area contributed by atoms with Gasteiger partial charge in [-0.1, -0.05) is 29.0 Å². The Morgan fingerprint density at radius 3 is 2.69 bits per heavy atom. The van der Waals surface area contributed by atoms with Crippen molar-refractivity contribution in [1.82, 2.24) is 9.88 Å². The molecule has 1 aromatic heterocycles. The number of nitro benzene ring substituents is 1. The fourth-order valence-corrected chi connectivity index (χ4v) is 3.99. The van der Waals surface area contributed by atoms with E-state index in [0.717, 1.165) is 6.07 Å². The van der Waals surface area contributed by atoms with E-state index in [1.165, 1.54) is 34.4 Å². The molecule has 7 nitrogen and oxygen atoms in total. The summed E-state index contributed by atoms with van der Waals surface area (Å²) in [4.78, 5) is 31.5. The maximum absolute atomic E-state index is 14.1. The van der Waals surface area contributed by atoms with Crippen molar-refractivity contribution in [2.75, 3.05) is 32.1 Å². The van der Waals surface area contributed by atoms with Gasteiger partial charge in [-0.15, -0.1) is 0 Å². The number of carbonyl (C=O) groups excluding carboxylic acids is 1. The van der Waals surface area contributed by atoms with Gasteiger partial charge in [0.2, 0.25) is 0 Å². The third-order valence-electron chi connectivity index (χ3n) is 4.21. The van der Waals surface area contributed by atoms with Gasteiger partial charge in [0.15, 0.2) is 5.13 Å². The van der Waals surface area contributed by atoms with Crippen molar-refractivity contribution in [1.29, 1.82) is 0 Å². The summed E-state index contributed by atoms with van der Waals surface area (Å²) in [7, 11) is 3.83. The van der Waals surface area contributed by atoms with Crippen molar-refractivity contribution in [2.45, 2.75) is 6.42 Å². The first-order valence-electron chi connectivity index (χ1n) is 8.73. The van der Waals surface area contributed by atoms with Crippen molar-refractivity contribution in [3.05, 3.63) is 62.9 Å². The number of fused-ring (bicyclic) bond motifs is 1. The topological polar surface area (TPSA) is 79.6 Å². The summed E-state index contributed by atoms with van der Waals surface area (Å²) in [6.45, 7) is 1.02. The molecule has 0 N–H and O–H groups in total. The number of non-ortho nitro benzene ring substituents is 1. The monoisotopic (exact) mass is 436 g/mol. The van der Waals surface area contributed by atoms with Crippen LogP contribution >= 0.6 is 22.9 Å². The van der Waals surface area contributed by atoms with Crippen molar-refractivity contribution < 1.29 is 14.1 Å². The molecule has 29 heavy (non-hydrogen) atoms. The molecule has 0 spiro atoms. The molecule has 3 aromatic rings. The fourth-order valence-electron chi connectivity index (χ4n) is 2.78. The predicted octanol–water partition coefficient (Wildman–Crippen LogP) is 4.60. The van der Waals surface area contributed by atoms with Crippen molar-refractivity contribution in [3.8, 4) is 0 Å². The lowest BCUT2D eigenvalue weighted by Gasteiger charge is -2.21. The molecule has 2 aromatic carbocycles. The molecule has 0 radical (unpaired) electrons. The molecule has 3 rings (SSSR count). The van der Waals surface area contributed by atoms with Crippen LogP contribution < -0.4 is 4.90 Å². The van der Waals surface area contributed by atoms with Crippen LogP contribution in [0.2, 0.25) is 5.02 Å². The van der Waals surface area contributed by atoms with Gasteiger partial charge in [-0.25, -0.2) is 9.37 Å². The van der Waals surface area contributed by atoms with E-state index in [1.54, 1.807) is 12.1 Å². The number of hydrogen-bond donors (Lipinski definition) is 0. The normalized spacial score (nSPS) is 11.2. The Hall–Kier alpha value is -2.62. The molecule has 0 saturated carbocycles. The zero-order valence-electron chi connectivity index (χ0n) is 15.8. The molecule has 0 fully saturated rings. The molecule has 152 valence electrons. The van der Waals surface area contributed by atoms with Gasteiger partial charge in [0.1, 0.15) is 11.3 Å². The van der Waals surface area contributed by atoms with Crippen LogP contribution in [0.15, 0.2) is 36.4 Å². The van der Waals surface area contributed by atoms with E-state index >= 15 is 0 Å². The lowest BCUT2D eigenvalue weighted by molar-refractivity contribution is -0.384. The SMILES string of the molecule is CN(C)CCCN(C(=O)c1cc([N+](=O)[O-])ccc1Cl)c1nc2c(F)cccc2s1. The van der Waals surface area contributed by atoms with E-state index in [1.807, 2.05) is 19.0 Å². The lowest BCUT2D eigenvalue weighted by Crippen LogP contribution is -2.33. The summed E-state index contributed by atoms with van der Waals surface area (Å²) in [6, 6.07) is 8.32. The number of para-hydroxylation sites is 1. The van der Waals surface area contributed by atoms with Crippen LogP contribution in [-0.2, 0) is 0 Å². The van der Waals surface area contributed by atoms with Gasteiger partial charge in [0.25, 0.3) is 11.6 Å². The number of thiazole rings is 1. The number of amides is 1. The van der Waals surface area contributed by atoms with Gasteiger partial charge in [-0.2, -0.15) is 0 Å². The number of nitrogens with zero attached hydrogens (tertiary/aromatic N) is 4. The minimum atomic E-state index is -0.587. The largest absolute Gasteiger partial charge is 0.309 e. The van der Waals surface area contributed by atoms with E-state index in [-0.39, 0.29) is 21.8 Å². The molecule has 0 aliphatic carbocycles. The third-order valence-corrected chi connectivity index (χ3v) is 5.59. The third kappa shape index (κ3) is 4.69. The van der Waals surface area contributed by atoms with Crippen LogP contribution in [0.25, 0.3) is 10.2 Å². The number of halogens is 2. The maximum Gasteiger partial charge on any atom is 0.270 e. The van der Waals surface area contributed by atoms with E-state index in [0.29, 0.717) is 29.3 Å². The summed E-state index contributed by atoms with van der Waals surface area (Å²) in [5.74, 6) is -0.990. The molecule has 10 heteroatoms. The Bertz CT molecular complexity index is 1070. The van der Waals surface area contributed by atoms with Crippen molar-refractivity contribution >= 4 is 49.9 Å². The predicted molar refractivity (Wildman–Crippen MR) is 113 cm³/mol. The van der Waals surface area contributed by atoms with Gasteiger partial charge in [-0.3, -0.25) is 19.8 Å². The highest BCUT2D eigenvalue weighted by Crippen LogP contribution is 2.32. The van der Waals surface area contributed by atoms with E-state index in [9.17, 15) is 19.3 Å². The fraction of sp³-hybridized carbons (Fsp3) is 0.263. The molecule has 0 atom stereocenters. The van der Waals surface area contributed by atoms with Gasteiger partial charge in [-0.05, 0) is 45.3 Å². The van der Waals surface area contributed by atoms with Crippen LogP contribution in [0.5, 0.6) is 0 Å². The minimum Gasteiger partial charge on any atom is -0.309 e. The second kappa shape index (κ2) is 8.81. The summed E-state index contributed by atoms with van der Waals surface area (Å²) < 4.78 is 14.7. The Labute approximate surface area is 175 Å². The van der Waals surface area contributed by atoms with E-state index < -0.39 is 16.6 Å². The van der Waals surface area contributed by atoms with Gasteiger partial charge >= 0.3 is 0 Å². The number of benzene rings is 2. The summed E-state index contributed by atoms with van der Waals surface area (Å²) in [5, 5.41) is 11.5. The first kappa shape index (κ1) is 21.1. The van der Waals surface area contributed by atoms with Crippen LogP contribution in [0.1, 0.15) is 16.8 Å². The highest BCUT2D eigenvalue weighted by Gasteiger charge is 2.25. The van der Waals surface area contributed by atoms with Gasteiger partial charge in [0.05, 0.1) is 20.2 Å². The number of hydrogen-bond acceptors (Lipinski definition) is 6. The minimum absolute atomic E-state index is 0.00504. The average molecular weight is 437 g/mol. The Kier molecular flexibility index (Phi) is 6.41. The summed E-state index contributed by atoms with van der Waals surface area (Å²) in [5.41, 5.74) is -0.0465. The van der Waals surface area contributed by atoms with Crippen LogP contribution in [0.3, 0.4) is 0 Å². The first-order chi connectivity index (χ1) is 13.8. The molecule has 0 saturated heterocycles. The lowest BCUT2D eigenvalue weighted by atomic mass is 10.1. The van der Waals surface area contributed by atoms with E-state index in [4.69, 9.17) is 11.6 Å². The van der Waals surface area contributed by atoms with Crippen LogP contribution in [0.4, 0.5) is 15.2 Å². The molecular formula is C19H18ClFN4O3S. The molecule has 0 unspecified atom stereocenters. The molecule has 1 heterocycles. The first-order valence-corrected chi connectivity index (χ1v) is 9.93. The average Bonchev–Trinajstić information content (AvgIpc) is 3.10. The number of aromatic nitrogens is 1. The Morgan fingerprint density at radius 1 is 1.28 bits per heavy atom. The van der Waals surface area contributed by atoms with Gasteiger partial charge in [0, 0.05) is 18.7 Å². The molecule has 1 amide bonds. The second-order valence-corrected chi connectivity index (χ2v) is 8.03. The number of anilines is 1. The summed E-state index contributed by atoms with van der Waals surface area (Å²) >= 11 is 7.34. The highest BCUT2D eigenvalue weighted by atomic mass is 35.5. The highest BCUT2D eigenvalue weighted by molar-refractivity contribution is 7.22. The Morgan fingerprint density at radius 2 is 2.03 bits per heavy atom. The number of carbonyl (C=O) groups is 1. The maximum atomic E-state index is 14.1. The van der Waals surface area contributed by atoms with Crippen molar-refractivity contribution in [3.63, 3.8) is 0 Å². The number of rotatable bonds is 7. The van der Waals surface area contributed by atoms with E-state index in [2.05, 4.69) is 4.98 Å². The molecule has 0 aliphatic rings. The second-order valence-electron chi connectivity index (χ2n) is 6.62.